The molecule has 100 valence electrons. The number of aliphatic hydroxyl groups is 1. The van der Waals surface area contributed by atoms with Gasteiger partial charge in [-0.3, -0.25) is 4.90 Å². The standard InChI is InChI=1S/C13H19FN2O2/c14-12-4-2-1-3-11(12)13(7-15)16-5-6-18-10(8-16)9-17/h1-4,10,13,17H,5-9,15H2. The van der Waals surface area contributed by atoms with Crippen LogP contribution < -0.4 is 5.73 Å². The fourth-order valence-electron chi connectivity index (χ4n) is 2.35. The molecule has 0 amide bonds. The molecule has 1 aliphatic rings. The van der Waals surface area contributed by atoms with E-state index < -0.39 is 0 Å². The van der Waals surface area contributed by atoms with Gasteiger partial charge >= 0.3 is 0 Å². The SMILES string of the molecule is NCC(c1ccccc1F)N1CCOC(CO)C1. The third-order valence-electron chi connectivity index (χ3n) is 3.30. The van der Waals surface area contributed by atoms with Crippen molar-refractivity contribution in [2.45, 2.75) is 12.1 Å². The molecule has 1 heterocycles. The maximum absolute atomic E-state index is 13.8. The highest BCUT2D eigenvalue weighted by Crippen LogP contribution is 2.24. The van der Waals surface area contributed by atoms with E-state index in [0.717, 1.165) is 0 Å². The van der Waals surface area contributed by atoms with Crippen LogP contribution in [-0.4, -0.2) is 49.0 Å². The molecule has 1 aliphatic heterocycles. The van der Waals surface area contributed by atoms with Crippen molar-refractivity contribution in [1.29, 1.82) is 0 Å². The summed E-state index contributed by atoms with van der Waals surface area (Å²) in [5.41, 5.74) is 6.39. The summed E-state index contributed by atoms with van der Waals surface area (Å²) < 4.78 is 19.2. The Morgan fingerprint density at radius 2 is 2.28 bits per heavy atom. The Morgan fingerprint density at radius 1 is 1.50 bits per heavy atom. The van der Waals surface area contributed by atoms with Crippen molar-refractivity contribution in [3.05, 3.63) is 35.6 Å². The lowest BCUT2D eigenvalue weighted by atomic mass is 10.0. The van der Waals surface area contributed by atoms with Crippen molar-refractivity contribution in [2.24, 2.45) is 5.73 Å². The molecule has 0 spiro atoms. The second-order valence-electron chi connectivity index (χ2n) is 4.44. The third-order valence-corrected chi connectivity index (χ3v) is 3.30. The van der Waals surface area contributed by atoms with E-state index in [1.165, 1.54) is 6.07 Å². The highest BCUT2D eigenvalue weighted by molar-refractivity contribution is 5.21. The zero-order chi connectivity index (χ0) is 13.0. The molecule has 1 aromatic rings. The van der Waals surface area contributed by atoms with Gasteiger partial charge in [-0.15, -0.1) is 0 Å². The predicted molar refractivity (Wildman–Crippen MR) is 66.6 cm³/mol. The normalized spacial score (nSPS) is 22.9. The van der Waals surface area contributed by atoms with E-state index in [0.29, 0.717) is 31.8 Å². The first kappa shape index (κ1) is 13.4. The smallest absolute Gasteiger partial charge is 0.128 e. The summed E-state index contributed by atoms with van der Waals surface area (Å²) in [4.78, 5) is 2.07. The van der Waals surface area contributed by atoms with Crippen LogP contribution in [0.25, 0.3) is 0 Å². The van der Waals surface area contributed by atoms with Gasteiger partial charge in [0.25, 0.3) is 0 Å². The van der Waals surface area contributed by atoms with Gasteiger partial charge in [-0.05, 0) is 6.07 Å². The van der Waals surface area contributed by atoms with E-state index in [2.05, 4.69) is 4.90 Å². The van der Waals surface area contributed by atoms with Gasteiger partial charge in [-0.2, -0.15) is 0 Å². The van der Waals surface area contributed by atoms with Gasteiger partial charge in [-0.25, -0.2) is 4.39 Å². The van der Waals surface area contributed by atoms with E-state index in [9.17, 15) is 4.39 Å². The van der Waals surface area contributed by atoms with Crippen LogP contribution in [0.2, 0.25) is 0 Å². The molecule has 2 atom stereocenters. The minimum Gasteiger partial charge on any atom is -0.394 e. The first-order valence-corrected chi connectivity index (χ1v) is 6.17. The summed E-state index contributed by atoms with van der Waals surface area (Å²) in [5.74, 6) is -0.236. The lowest BCUT2D eigenvalue weighted by Crippen LogP contribution is -2.47. The molecule has 0 saturated carbocycles. The quantitative estimate of drug-likeness (QED) is 0.822. The number of aliphatic hydroxyl groups excluding tert-OH is 1. The lowest BCUT2D eigenvalue weighted by molar-refractivity contribution is -0.0646. The molecule has 2 rings (SSSR count). The van der Waals surface area contributed by atoms with Crippen LogP contribution in [0.3, 0.4) is 0 Å². The first-order chi connectivity index (χ1) is 8.76. The van der Waals surface area contributed by atoms with Crippen molar-refractivity contribution in [1.82, 2.24) is 4.90 Å². The fraction of sp³-hybridized carbons (Fsp3) is 0.538. The van der Waals surface area contributed by atoms with E-state index in [1.54, 1.807) is 12.1 Å². The number of halogens is 1. The van der Waals surface area contributed by atoms with E-state index in [4.69, 9.17) is 15.6 Å². The molecule has 18 heavy (non-hydrogen) atoms. The number of ether oxygens (including phenoxy) is 1. The largest absolute Gasteiger partial charge is 0.394 e. The minimum absolute atomic E-state index is 0.0228. The number of hydrogen-bond acceptors (Lipinski definition) is 4. The van der Waals surface area contributed by atoms with Crippen molar-refractivity contribution in [2.75, 3.05) is 32.8 Å². The van der Waals surface area contributed by atoms with Crippen LogP contribution >= 0.6 is 0 Å². The monoisotopic (exact) mass is 254 g/mol. The zero-order valence-corrected chi connectivity index (χ0v) is 10.3. The average Bonchev–Trinajstić information content (AvgIpc) is 2.42. The number of rotatable bonds is 4. The maximum Gasteiger partial charge on any atom is 0.128 e. The highest BCUT2D eigenvalue weighted by Gasteiger charge is 2.27. The van der Waals surface area contributed by atoms with Crippen molar-refractivity contribution in [3.63, 3.8) is 0 Å². The molecule has 2 unspecified atom stereocenters. The van der Waals surface area contributed by atoms with Crippen LogP contribution in [0.15, 0.2) is 24.3 Å². The van der Waals surface area contributed by atoms with Gasteiger partial charge < -0.3 is 15.6 Å². The lowest BCUT2D eigenvalue weighted by Gasteiger charge is -2.37. The van der Waals surface area contributed by atoms with E-state index in [-0.39, 0.29) is 24.6 Å². The van der Waals surface area contributed by atoms with Crippen LogP contribution in [0.1, 0.15) is 11.6 Å². The number of hydrogen-bond donors (Lipinski definition) is 2. The minimum atomic E-state index is -0.236. The summed E-state index contributed by atoms with van der Waals surface area (Å²) in [6.45, 7) is 2.14. The van der Waals surface area contributed by atoms with E-state index >= 15 is 0 Å². The first-order valence-electron chi connectivity index (χ1n) is 6.17. The van der Waals surface area contributed by atoms with Gasteiger partial charge in [0.2, 0.25) is 0 Å². The van der Waals surface area contributed by atoms with E-state index in [1.807, 2.05) is 6.07 Å². The number of nitrogens with zero attached hydrogens (tertiary/aromatic N) is 1. The molecule has 0 radical (unpaired) electrons. The molecular weight excluding hydrogens is 235 g/mol. The molecule has 4 nitrogen and oxygen atoms in total. The Morgan fingerprint density at radius 3 is 2.94 bits per heavy atom. The van der Waals surface area contributed by atoms with Crippen molar-refractivity contribution in [3.8, 4) is 0 Å². The maximum atomic E-state index is 13.8. The Balaban J connectivity index is 2.15. The second kappa shape index (κ2) is 6.24. The average molecular weight is 254 g/mol. The van der Waals surface area contributed by atoms with Crippen LogP contribution in [-0.2, 0) is 4.74 Å². The molecule has 0 bridgehead atoms. The Bertz CT molecular complexity index is 389. The van der Waals surface area contributed by atoms with Gasteiger partial charge in [-0.1, -0.05) is 18.2 Å². The Hall–Kier alpha value is -1.01. The van der Waals surface area contributed by atoms with Crippen LogP contribution in [0, 0.1) is 5.82 Å². The summed E-state index contributed by atoms with van der Waals surface area (Å²) >= 11 is 0. The Kier molecular flexibility index (Phi) is 4.66. The summed E-state index contributed by atoms with van der Waals surface area (Å²) in [6.07, 6.45) is -0.209. The summed E-state index contributed by atoms with van der Waals surface area (Å²) in [6, 6.07) is 6.52. The highest BCUT2D eigenvalue weighted by atomic mass is 19.1. The van der Waals surface area contributed by atoms with Crippen molar-refractivity contribution >= 4 is 0 Å². The van der Waals surface area contributed by atoms with Gasteiger partial charge in [0.05, 0.1) is 25.4 Å². The number of nitrogens with two attached hydrogens (primary N) is 1. The molecule has 1 saturated heterocycles. The van der Waals surface area contributed by atoms with Crippen LogP contribution in [0.4, 0.5) is 4.39 Å². The predicted octanol–water partition coefficient (Wildman–Crippen LogP) is 0.519. The Labute approximate surface area is 106 Å². The molecule has 0 aliphatic carbocycles. The van der Waals surface area contributed by atoms with Crippen molar-refractivity contribution < 1.29 is 14.2 Å². The summed E-state index contributed by atoms with van der Waals surface area (Å²) in [5, 5.41) is 9.13. The fourth-order valence-corrected chi connectivity index (χ4v) is 2.35. The topological polar surface area (TPSA) is 58.7 Å². The summed E-state index contributed by atoms with van der Waals surface area (Å²) in [7, 11) is 0. The third kappa shape index (κ3) is 2.87. The molecular formula is C13H19FN2O2. The number of benzene rings is 1. The zero-order valence-electron chi connectivity index (χ0n) is 10.3. The van der Waals surface area contributed by atoms with Gasteiger partial charge in [0.1, 0.15) is 5.82 Å². The molecule has 0 aromatic heterocycles. The number of morpholine rings is 1. The molecule has 3 N–H and O–H groups in total. The second-order valence-corrected chi connectivity index (χ2v) is 4.44. The molecule has 1 fully saturated rings. The molecule has 1 aromatic carbocycles. The van der Waals surface area contributed by atoms with Crippen LogP contribution in [0.5, 0.6) is 0 Å². The van der Waals surface area contributed by atoms with Gasteiger partial charge in [0.15, 0.2) is 0 Å². The van der Waals surface area contributed by atoms with Gasteiger partial charge in [0, 0.05) is 25.2 Å². The molecule has 5 heteroatoms.